The lowest BCUT2D eigenvalue weighted by molar-refractivity contribution is -0.123. The number of unbranched alkanes of at least 4 members (excludes halogenated alkanes) is 4. The molecule has 0 saturated heterocycles. The molecule has 182 valence electrons. The molecule has 1 heterocycles. The van der Waals surface area contributed by atoms with E-state index in [1.807, 2.05) is 36.4 Å². The van der Waals surface area contributed by atoms with Gasteiger partial charge < -0.3 is 14.8 Å². The zero-order valence-corrected chi connectivity index (χ0v) is 21.0. The Morgan fingerprint density at radius 1 is 1.00 bits per heavy atom. The molecule has 0 aliphatic heterocycles. The van der Waals surface area contributed by atoms with Gasteiger partial charge >= 0.3 is 0 Å². The van der Waals surface area contributed by atoms with Crippen molar-refractivity contribution in [3.8, 4) is 11.5 Å². The van der Waals surface area contributed by atoms with E-state index < -0.39 is 6.10 Å². The summed E-state index contributed by atoms with van der Waals surface area (Å²) < 4.78 is 11.8. The number of carbonyl (C=O) groups excluding carboxylic acids is 1. The van der Waals surface area contributed by atoms with E-state index in [1.54, 1.807) is 13.3 Å². The van der Waals surface area contributed by atoms with E-state index in [-0.39, 0.29) is 5.91 Å². The average molecular weight is 463 g/mol. The highest BCUT2D eigenvalue weighted by atomic mass is 16.5. The van der Waals surface area contributed by atoms with Crippen molar-refractivity contribution < 1.29 is 14.3 Å². The number of amides is 1. The van der Waals surface area contributed by atoms with Gasteiger partial charge in [-0.1, -0.05) is 58.6 Å². The number of nitrogens with one attached hydrogen (secondary N) is 1. The fraction of sp³-hybridized carbons (Fsp3) is 0.448. The molecule has 5 heteroatoms. The summed E-state index contributed by atoms with van der Waals surface area (Å²) in [6, 6.07) is 15.7. The molecule has 3 aromatic rings. The minimum absolute atomic E-state index is 0.170. The predicted octanol–water partition coefficient (Wildman–Crippen LogP) is 7.50. The predicted molar refractivity (Wildman–Crippen MR) is 140 cm³/mol. The number of anilines is 1. The quantitative estimate of drug-likeness (QED) is 0.267. The molecule has 0 bridgehead atoms. The molecule has 2 atom stereocenters. The second-order valence-corrected chi connectivity index (χ2v) is 8.89. The summed E-state index contributed by atoms with van der Waals surface area (Å²) >= 11 is 0. The summed E-state index contributed by atoms with van der Waals surface area (Å²) in [4.78, 5) is 17.9. The Morgan fingerprint density at radius 2 is 1.76 bits per heavy atom. The van der Waals surface area contributed by atoms with E-state index in [0.717, 1.165) is 30.2 Å². The van der Waals surface area contributed by atoms with Gasteiger partial charge in [0, 0.05) is 11.6 Å². The summed E-state index contributed by atoms with van der Waals surface area (Å²) in [6.07, 6.45) is 8.52. The van der Waals surface area contributed by atoms with Gasteiger partial charge in [0.25, 0.3) is 5.91 Å². The number of nitrogens with zero attached hydrogens (tertiary/aromatic N) is 1. The first kappa shape index (κ1) is 25.5. The van der Waals surface area contributed by atoms with Crippen molar-refractivity contribution in [1.82, 2.24) is 4.98 Å². The second kappa shape index (κ2) is 13.0. The SMILES string of the molecule is CCCCCCCC(Oc1ccc(C(C)CC)cc1)C(=O)Nc1c(OC)ccc2ncccc12. The molecule has 0 aliphatic carbocycles. The van der Waals surface area contributed by atoms with Crippen LogP contribution in [0, 0.1) is 0 Å². The molecule has 1 amide bonds. The van der Waals surface area contributed by atoms with Crippen molar-refractivity contribution in [1.29, 1.82) is 0 Å². The molecule has 34 heavy (non-hydrogen) atoms. The maximum atomic E-state index is 13.5. The molecule has 2 unspecified atom stereocenters. The molecule has 0 fully saturated rings. The van der Waals surface area contributed by atoms with Crippen LogP contribution in [-0.2, 0) is 4.79 Å². The molecule has 5 nitrogen and oxygen atoms in total. The fourth-order valence-corrected chi connectivity index (χ4v) is 4.09. The van der Waals surface area contributed by atoms with Crippen molar-refractivity contribution in [3.63, 3.8) is 0 Å². The number of fused-ring (bicyclic) bond motifs is 1. The van der Waals surface area contributed by atoms with Gasteiger partial charge in [0.2, 0.25) is 0 Å². The van der Waals surface area contributed by atoms with Crippen LogP contribution in [0.3, 0.4) is 0 Å². The van der Waals surface area contributed by atoms with E-state index >= 15 is 0 Å². The monoisotopic (exact) mass is 462 g/mol. The molecule has 2 aromatic carbocycles. The van der Waals surface area contributed by atoms with Crippen molar-refractivity contribution in [2.75, 3.05) is 12.4 Å². The van der Waals surface area contributed by atoms with Crippen LogP contribution in [0.5, 0.6) is 11.5 Å². The summed E-state index contributed by atoms with van der Waals surface area (Å²) in [5.74, 6) is 1.65. The number of aromatic nitrogens is 1. The first-order valence-corrected chi connectivity index (χ1v) is 12.6. The second-order valence-electron chi connectivity index (χ2n) is 8.89. The van der Waals surface area contributed by atoms with Gasteiger partial charge in [-0.2, -0.15) is 0 Å². The Hall–Kier alpha value is -3.08. The van der Waals surface area contributed by atoms with Crippen LogP contribution in [0.2, 0.25) is 0 Å². The number of methoxy groups -OCH3 is 1. The fourth-order valence-electron chi connectivity index (χ4n) is 4.09. The lowest BCUT2D eigenvalue weighted by Crippen LogP contribution is -2.33. The Labute approximate surface area is 203 Å². The molecule has 1 aromatic heterocycles. The highest BCUT2D eigenvalue weighted by Crippen LogP contribution is 2.33. The summed E-state index contributed by atoms with van der Waals surface area (Å²) in [5, 5.41) is 3.93. The maximum Gasteiger partial charge on any atom is 0.265 e. The molecule has 0 radical (unpaired) electrons. The number of ether oxygens (including phenoxy) is 2. The van der Waals surface area contributed by atoms with Crippen LogP contribution in [0.1, 0.15) is 77.2 Å². The number of carbonyl (C=O) groups is 1. The average Bonchev–Trinajstić information content (AvgIpc) is 2.88. The third kappa shape index (κ3) is 6.72. The van der Waals surface area contributed by atoms with Crippen LogP contribution in [0.25, 0.3) is 10.9 Å². The van der Waals surface area contributed by atoms with Crippen molar-refractivity contribution in [3.05, 3.63) is 60.3 Å². The Bertz CT molecular complexity index is 1050. The third-order valence-electron chi connectivity index (χ3n) is 6.42. The number of rotatable bonds is 13. The smallest absolute Gasteiger partial charge is 0.265 e. The lowest BCUT2D eigenvalue weighted by Gasteiger charge is -2.21. The number of hydrogen-bond donors (Lipinski definition) is 1. The summed E-state index contributed by atoms with van der Waals surface area (Å²) in [5.41, 5.74) is 2.71. The first-order chi connectivity index (χ1) is 16.6. The minimum atomic E-state index is -0.590. The van der Waals surface area contributed by atoms with E-state index in [0.29, 0.717) is 29.5 Å². The molecule has 0 aliphatic rings. The number of pyridine rings is 1. The number of hydrogen-bond acceptors (Lipinski definition) is 4. The molecular formula is C29H38N2O3. The van der Waals surface area contributed by atoms with Crippen LogP contribution in [-0.4, -0.2) is 24.1 Å². The largest absolute Gasteiger partial charge is 0.495 e. The number of benzene rings is 2. The van der Waals surface area contributed by atoms with Crippen molar-refractivity contribution >= 4 is 22.5 Å². The van der Waals surface area contributed by atoms with E-state index in [9.17, 15) is 4.79 Å². The van der Waals surface area contributed by atoms with Gasteiger partial charge in [0.05, 0.1) is 18.3 Å². The molecule has 1 N–H and O–H groups in total. The maximum absolute atomic E-state index is 13.5. The summed E-state index contributed by atoms with van der Waals surface area (Å²) in [7, 11) is 1.60. The molecule has 3 rings (SSSR count). The van der Waals surface area contributed by atoms with Gasteiger partial charge in [0.15, 0.2) is 6.10 Å². The Kier molecular flexibility index (Phi) is 9.75. The topological polar surface area (TPSA) is 60.5 Å². The van der Waals surface area contributed by atoms with Crippen molar-refractivity contribution in [2.45, 2.75) is 77.7 Å². The van der Waals surface area contributed by atoms with E-state index in [2.05, 4.69) is 43.2 Å². The molecule has 0 spiro atoms. The third-order valence-corrected chi connectivity index (χ3v) is 6.42. The highest BCUT2D eigenvalue weighted by Gasteiger charge is 2.23. The van der Waals surface area contributed by atoms with Gasteiger partial charge in [-0.25, -0.2) is 0 Å². The van der Waals surface area contributed by atoms with Gasteiger partial charge in [-0.15, -0.1) is 0 Å². The van der Waals surface area contributed by atoms with Gasteiger partial charge in [0.1, 0.15) is 11.5 Å². The van der Waals surface area contributed by atoms with Gasteiger partial charge in [-0.05, 0) is 67.1 Å². The Morgan fingerprint density at radius 3 is 2.47 bits per heavy atom. The van der Waals surface area contributed by atoms with Crippen LogP contribution in [0.4, 0.5) is 5.69 Å². The lowest BCUT2D eigenvalue weighted by atomic mass is 9.99. The summed E-state index contributed by atoms with van der Waals surface area (Å²) in [6.45, 7) is 6.61. The van der Waals surface area contributed by atoms with E-state index in [4.69, 9.17) is 9.47 Å². The van der Waals surface area contributed by atoms with Crippen LogP contribution < -0.4 is 14.8 Å². The van der Waals surface area contributed by atoms with E-state index in [1.165, 1.54) is 24.8 Å². The zero-order valence-electron chi connectivity index (χ0n) is 21.0. The Balaban J connectivity index is 1.80. The zero-order chi connectivity index (χ0) is 24.3. The minimum Gasteiger partial charge on any atom is -0.495 e. The van der Waals surface area contributed by atoms with Crippen LogP contribution >= 0.6 is 0 Å². The molecular weight excluding hydrogens is 424 g/mol. The first-order valence-electron chi connectivity index (χ1n) is 12.6. The normalized spacial score (nSPS) is 12.8. The van der Waals surface area contributed by atoms with Crippen LogP contribution in [0.15, 0.2) is 54.7 Å². The van der Waals surface area contributed by atoms with Crippen molar-refractivity contribution in [2.24, 2.45) is 0 Å². The van der Waals surface area contributed by atoms with Gasteiger partial charge in [-0.3, -0.25) is 9.78 Å². The highest BCUT2D eigenvalue weighted by molar-refractivity contribution is 6.05. The standard InChI is InChI=1S/C29H38N2O3/c1-5-7-8-9-10-13-27(34-23-16-14-22(15-17-23)21(3)6-2)29(32)31-28-24-12-11-20-30-25(24)18-19-26(28)33-4/h11-12,14-21,27H,5-10,13H2,1-4H3,(H,31,32). The molecule has 0 saturated carbocycles.